The molecule has 0 spiro atoms. The van der Waals surface area contributed by atoms with E-state index in [4.69, 9.17) is 11.6 Å². The molecule has 1 heterocycles. The van der Waals surface area contributed by atoms with Crippen molar-refractivity contribution in [3.63, 3.8) is 0 Å². The van der Waals surface area contributed by atoms with Gasteiger partial charge in [-0.05, 0) is 37.8 Å². The summed E-state index contributed by atoms with van der Waals surface area (Å²) in [5.74, 6) is 0. The third-order valence-electron chi connectivity index (χ3n) is 2.76. The predicted molar refractivity (Wildman–Crippen MR) is 62.2 cm³/mol. The van der Waals surface area contributed by atoms with E-state index in [0.29, 0.717) is 5.38 Å². The summed E-state index contributed by atoms with van der Waals surface area (Å²) in [6.45, 7) is 3.13. The van der Waals surface area contributed by atoms with E-state index in [-0.39, 0.29) is 0 Å². The van der Waals surface area contributed by atoms with E-state index in [1.165, 1.54) is 16.8 Å². The second kappa shape index (κ2) is 4.22. The molecule has 0 radical (unpaired) electrons. The predicted octanol–water partition coefficient (Wildman–Crippen LogP) is 3.35. The third kappa shape index (κ3) is 2.21. The monoisotopic (exact) mass is 209 g/mol. The zero-order valence-corrected chi connectivity index (χ0v) is 9.27. The number of alkyl halides is 1. The molecule has 0 saturated heterocycles. The Morgan fingerprint density at radius 2 is 2.21 bits per heavy atom. The van der Waals surface area contributed by atoms with Gasteiger partial charge in [0.05, 0.1) is 0 Å². The average Bonchev–Trinajstić information content (AvgIpc) is 2.15. The van der Waals surface area contributed by atoms with Crippen molar-refractivity contribution in [2.45, 2.75) is 31.6 Å². The molecule has 1 aliphatic heterocycles. The summed E-state index contributed by atoms with van der Waals surface area (Å²) in [6.07, 6.45) is 3.26. The van der Waals surface area contributed by atoms with Crippen molar-refractivity contribution in [3.05, 3.63) is 29.3 Å². The molecule has 2 heteroatoms. The first-order valence-electron chi connectivity index (χ1n) is 5.23. The van der Waals surface area contributed by atoms with Gasteiger partial charge in [0.25, 0.3) is 0 Å². The molecule has 76 valence electrons. The molecule has 0 aliphatic carbocycles. The van der Waals surface area contributed by atoms with Crippen LogP contribution in [-0.4, -0.2) is 11.9 Å². The fourth-order valence-corrected chi connectivity index (χ4v) is 2.14. The van der Waals surface area contributed by atoms with Gasteiger partial charge in [0, 0.05) is 17.6 Å². The SMILES string of the molecule is Cc1ccc2c(c1)CC[C@H](Cl)CCN2. The Kier molecular flexibility index (Phi) is 2.97. The van der Waals surface area contributed by atoms with E-state index in [1.54, 1.807) is 0 Å². The van der Waals surface area contributed by atoms with Crippen LogP contribution in [0.1, 0.15) is 24.0 Å². The lowest BCUT2D eigenvalue weighted by Crippen LogP contribution is -2.14. The lowest BCUT2D eigenvalue weighted by atomic mass is 10.0. The van der Waals surface area contributed by atoms with Crippen LogP contribution in [0.2, 0.25) is 0 Å². The second-order valence-electron chi connectivity index (χ2n) is 4.01. The number of fused-ring (bicyclic) bond motifs is 1. The van der Waals surface area contributed by atoms with Crippen LogP contribution in [0.25, 0.3) is 0 Å². The van der Waals surface area contributed by atoms with Crippen LogP contribution in [0, 0.1) is 6.92 Å². The molecule has 2 rings (SSSR count). The Morgan fingerprint density at radius 3 is 3.07 bits per heavy atom. The number of rotatable bonds is 0. The number of nitrogens with one attached hydrogen (secondary N) is 1. The van der Waals surface area contributed by atoms with Gasteiger partial charge in [0.1, 0.15) is 0 Å². The molecule has 1 aromatic rings. The summed E-state index contributed by atoms with van der Waals surface area (Å²) in [6, 6.07) is 6.60. The normalized spacial score (nSPS) is 21.7. The first kappa shape index (κ1) is 9.85. The van der Waals surface area contributed by atoms with E-state index in [0.717, 1.165) is 25.8 Å². The van der Waals surface area contributed by atoms with Gasteiger partial charge in [0.2, 0.25) is 0 Å². The van der Waals surface area contributed by atoms with Crippen LogP contribution in [0.5, 0.6) is 0 Å². The Balaban J connectivity index is 2.24. The highest BCUT2D eigenvalue weighted by atomic mass is 35.5. The van der Waals surface area contributed by atoms with Crippen molar-refractivity contribution in [2.75, 3.05) is 11.9 Å². The van der Waals surface area contributed by atoms with Gasteiger partial charge in [-0.15, -0.1) is 11.6 Å². The average molecular weight is 210 g/mol. The smallest absolute Gasteiger partial charge is 0.0372 e. The molecule has 1 N–H and O–H groups in total. The number of hydrogen-bond donors (Lipinski definition) is 1. The molecule has 0 fully saturated rings. The highest BCUT2D eigenvalue weighted by Gasteiger charge is 2.11. The van der Waals surface area contributed by atoms with Crippen molar-refractivity contribution in [1.29, 1.82) is 0 Å². The lowest BCUT2D eigenvalue weighted by Gasteiger charge is -2.19. The number of benzene rings is 1. The summed E-state index contributed by atoms with van der Waals surface area (Å²) >= 11 is 6.16. The van der Waals surface area contributed by atoms with Gasteiger partial charge in [-0.25, -0.2) is 0 Å². The summed E-state index contributed by atoms with van der Waals surface area (Å²) in [5.41, 5.74) is 4.03. The maximum absolute atomic E-state index is 6.16. The molecule has 1 aromatic carbocycles. The fraction of sp³-hybridized carbons (Fsp3) is 0.500. The molecule has 14 heavy (non-hydrogen) atoms. The molecule has 0 amide bonds. The van der Waals surface area contributed by atoms with Crippen LogP contribution in [0.15, 0.2) is 18.2 Å². The molecule has 1 atom stereocenters. The van der Waals surface area contributed by atoms with Crippen LogP contribution >= 0.6 is 11.6 Å². The molecule has 0 saturated carbocycles. The quantitative estimate of drug-likeness (QED) is 0.647. The van der Waals surface area contributed by atoms with Crippen LogP contribution in [-0.2, 0) is 6.42 Å². The molecular formula is C12H16ClN. The minimum absolute atomic E-state index is 0.330. The van der Waals surface area contributed by atoms with Crippen molar-refractivity contribution in [2.24, 2.45) is 0 Å². The molecule has 0 aromatic heterocycles. The van der Waals surface area contributed by atoms with Gasteiger partial charge in [-0.2, -0.15) is 0 Å². The van der Waals surface area contributed by atoms with Gasteiger partial charge in [-0.3, -0.25) is 0 Å². The second-order valence-corrected chi connectivity index (χ2v) is 4.63. The summed E-state index contributed by atoms with van der Waals surface area (Å²) in [5, 5.41) is 3.77. The molecule has 1 aliphatic rings. The summed E-state index contributed by atoms with van der Waals surface area (Å²) < 4.78 is 0. The van der Waals surface area contributed by atoms with Crippen molar-refractivity contribution in [1.82, 2.24) is 0 Å². The largest absolute Gasteiger partial charge is 0.385 e. The van der Waals surface area contributed by atoms with Crippen LogP contribution in [0.4, 0.5) is 5.69 Å². The van der Waals surface area contributed by atoms with E-state index >= 15 is 0 Å². The topological polar surface area (TPSA) is 12.0 Å². The van der Waals surface area contributed by atoms with Crippen molar-refractivity contribution in [3.8, 4) is 0 Å². The Morgan fingerprint density at radius 1 is 1.36 bits per heavy atom. The van der Waals surface area contributed by atoms with E-state index in [2.05, 4.69) is 30.4 Å². The van der Waals surface area contributed by atoms with Gasteiger partial charge < -0.3 is 5.32 Å². The minimum atomic E-state index is 0.330. The van der Waals surface area contributed by atoms with E-state index in [9.17, 15) is 0 Å². The van der Waals surface area contributed by atoms with Crippen LogP contribution in [0.3, 0.4) is 0 Å². The first-order chi connectivity index (χ1) is 6.75. The summed E-state index contributed by atoms with van der Waals surface area (Å²) in [7, 11) is 0. The zero-order chi connectivity index (χ0) is 9.97. The van der Waals surface area contributed by atoms with Crippen LogP contribution < -0.4 is 5.32 Å². The summed E-state index contributed by atoms with van der Waals surface area (Å²) in [4.78, 5) is 0. The van der Waals surface area contributed by atoms with E-state index < -0.39 is 0 Å². The van der Waals surface area contributed by atoms with Gasteiger partial charge in [0.15, 0.2) is 0 Å². The maximum Gasteiger partial charge on any atom is 0.0372 e. The number of hydrogen-bond acceptors (Lipinski definition) is 1. The Hall–Kier alpha value is -0.690. The molecular weight excluding hydrogens is 194 g/mol. The van der Waals surface area contributed by atoms with Gasteiger partial charge >= 0.3 is 0 Å². The highest BCUT2D eigenvalue weighted by molar-refractivity contribution is 6.20. The van der Waals surface area contributed by atoms with E-state index in [1.807, 2.05) is 0 Å². The third-order valence-corrected chi connectivity index (χ3v) is 3.20. The number of aryl methyl sites for hydroxylation is 2. The van der Waals surface area contributed by atoms with Crippen molar-refractivity contribution < 1.29 is 0 Å². The number of anilines is 1. The highest BCUT2D eigenvalue weighted by Crippen LogP contribution is 2.23. The first-order valence-corrected chi connectivity index (χ1v) is 5.67. The van der Waals surface area contributed by atoms with Gasteiger partial charge in [-0.1, -0.05) is 17.7 Å². The fourth-order valence-electron chi connectivity index (χ4n) is 1.92. The minimum Gasteiger partial charge on any atom is -0.385 e. The number of halogens is 1. The lowest BCUT2D eigenvalue weighted by molar-refractivity contribution is 0.695. The van der Waals surface area contributed by atoms with Crippen molar-refractivity contribution >= 4 is 17.3 Å². The Bertz CT molecular complexity index is 322. The molecule has 0 bridgehead atoms. The maximum atomic E-state index is 6.16. The molecule has 0 unspecified atom stereocenters. The zero-order valence-electron chi connectivity index (χ0n) is 8.52. The molecule has 1 nitrogen and oxygen atoms in total. The Labute approximate surface area is 90.5 Å². The standard InChI is InChI=1S/C12H16ClN/c1-9-2-5-12-10(8-9)3-4-11(13)6-7-14-12/h2,5,8,11,14H,3-4,6-7H2,1H3/t11-/m0/s1.